The molecule has 0 spiro atoms. The smallest absolute Gasteiger partial charge is 0.274 e. The van der Waals surface area contributed by atoms with Crippen molar-refractivity contribution in [2.24, 2.45) is 5.41 Å². The van der Waals surface area contributed by atoms with Crippen molar-refractivity contribution < 1.29 is 4.79 Å². The van der Waals surface area contributed by atoms with Crippen LogP contribution in [0.25, 0.3) is 0 Å². The van der Waals surface area contributed by atoms with Crippen molar-refractivity contribution in [1.29, 1.82) is 0 Å². The van der Waals surface area contributed by atoms with Crippen molar-refractivity contribution in [1.82, 2.24) is 14.7 Å². The predicted molar refractivity (Wildman–Crippen MR) is 75.8 cm³/mol. The molecule has 0 aliphatic carbocycles. The van der Waals surface area contributed by atoms with Crippen LogP contribution in [0.15, 0.2) is 6.20 Å². The third-order valence-electron chi connectivity index (χ3n) is 4.48. The van der Waals surface area contributed by atoms with Crippen molar-refractivity contribution in [3.05, 3.63) is 11.9 Å². The SMILES string of the molecule is CCn1ncc(N)c1C(=O)N1CCC(C)(CC)CC1. The highest BCUT2D eigenvalue weighted by molar-refractivity contribution is 5.97. The lowest BCUT2D eigenvalue weighted by Gasteiger charge is -2.38. The Morgan fingerprint density at radius 3 is 2.58 bits per heavy atom. The average molecular weight is 264 g/mol. The van der Waals surface area contributed by atoms with E-state index >= 15 is 0 Å². The molecule has 2 rings (SSSR count). The van der Waals surface area contributed by atoms with Gasteiger partial charge in [-0.1, -0.05) is 20.3 Å². The largest absolute Gasteiger partial charge is 0.396 e. The van der Waals surface area contributed by atoms with Crippen LogP contribution in [0.3, 0.4) is 0 Å². The van der Waals surface area contributed by atoms with Gasteiger partial charge in [-0.05, 0) is 25.2 Å². The van der Waals surface area contributed by atoms with E-state index in [1.54, 1.807) is 10.9 Å². The Morgan fingerprint density at radius 1 is 1.42 bits per heavy atom. The van der Waals surface area contributed by atoms with Gasteiger partial charge in [0.15, 0.2) is 0 Å². The second-order valence-corrected chi connectivity index (χ2v) is 5.72. The number of rotatable bonds is 3. The number of nitrogen functional groups attached to an aromatic ring is 1. The number of carbonyl (C=O) groups is 1. The first kappa shape index (κ1) is 13.9. The molecule has 1 fully saturated rings. The summed E-state index contributed by atoms with van der Waals surface area (Å²) in [6.07, 6.45) is 4.87. The summed E-state index contributed by atoms with van der Waals surface area (Å²) < 4.78 is 1.69. The minimum Gasteiger partial charge on any atom is -0.396 e. The van der Waals surface area contributed by atoms with E-state index in [1.807, 2.05) is 11.8 Å². The molecule has 0 unspecified atom stereocenters. The summed E-state index contributed by atoms with van der Waals surface area (Å²) in [5.74, 6) is 0.0232. The highest BCUT2D eigenvalue weighted by Gasteiger charge is 2.32. The molecule has 1 aromatic heterocycles. The highest BCUT2D eigenvalue weighted by Crippen LogP contribution is 2.34. The van der Waals surface area contributed by atoms with Gasteiger partial charge in [-0.25, -0.2) is 0 Å². The van der Waals surface area contributed by atoms with Crippen molar-refractivity contribution in [2.45, 2.75) is 46.6 Å². The number of anilines is 1. The lowest BCUT2D eigenvalue weighted by molar-refractivity contribution is 0.0589. The number of likely N-dealkylation sites (tertiary alicyclic amines) is 1. The fourth-order valence-electron chi connectivity index (χ4n) is 2.63. The zero-order valence-electron chi connectivity index (χ0n) is 12.1. The Balaban J connectivity index is 2.11. The molecule has 5 heteroatoms. The number of amides is 1. The Morgan fingerprint density at radius 2 is 2.05 bits per heavy atom. The molecule has 0 aromatic carbocycles. The maximum atomic E-state index is 12.5. The molecule has 106 valence electrons. The van der Waals surface area contributed by atoms with E-state index in [9.17, 15) is 4.79 Å². The van der Waals surface area contributed by atoms with Crippen LogP contribution in [0.4, 0.5) is 5.69 Å². The molecule has 5 nitrogen and oxygen atoms in total. The van der Waals surface area contributed by atoms with Gasteiger partial charge in [0.2, 0.25) is 0 Å². The highest BCUT2D eigenvalue weighted by atomic mass is 16.2. The topological polar surface area (TPSA) is 64.2 Å². The van der Waals surface area contributed by atoms with Crippen molar-refractivity contribution >= 4 is 11.6 Å². The number of hydrogen-bond donors (Lipinski definition) is 1. The molecule has 1 aliphatic heterocycles. The second kappa shape index (κ2) is 5.23. The van der Waals surface area contributed by atoms with Gasteiger partial charge < -0.3 is 10.6 Å². The lowest BCUT2D eigenvalue weighted by atomic mass is 9.78. The number of aromatic nitrogens is 2. The summed E-state index contributed by atoms with van der Waals surface area (Å²) in [7, 11) is 0. The van der Waals surface area contributed by atoms with Gasteiger partial charge in [-0.2, -0.15) is 5.10 Å². The Labute approximate surface area is 114 Å². The van der Waals surface area contributed by atoms with Crippen LogP contribution in [-0.2, 0) is 6.54 Å². The van der Waals surface area contributed by atoms with E-state index in [1.165, 1.54) is 6.42 Å². The quantitative estimate of drug-likeness (QED) is 0.909. The van der Waals surface area contributed by atoms with E-state index < -0.39 is 0 Å². The van der Waals surface area contributed by atoms with Gasteiger partial charge in [-0.3, -0.25) is 9.48 Å². The third kappa shape index (κ3) is 2.60. The number of nitrogens with zero attached hydrogens (tertiary/aromatic N) is 3. The molecular weight excluding hydrogens is 240 g/mol. The summed E-state index contributed by atoms with van der Waals surface area (Å²) in [6, 6.07) is 0. The normalized spacial score (nSPS) is 18.6. The molecule has 0 atom stereocenters. The monoisotopic (exact) mass is 264 g/mol. The Kier molecular flexibility index (Phi) is 3.83. The second-order valence-electron chi connectivity index (χ2n) is 5.72. The van der Waals surface area contributed by atoms with Gasteiger partial charge >= 0.3 is 0 Å². The maximum absolute atomic E-state index is 12.5. The summed E-state index contributed by atoms with van der Waals surface area (Å²) in [5.41, 5.74) is 7.28. The average Bonchev–Trinajstić information content (AvgIpc) is 2.80. The third-order valence-corrected chi connectivity index (χ3v) is 4.48. The minimum absolute atomic E-state index is 0.0232. The fraction of sp³-hybridized carbons (Fsp3) is 0.714. The van der Waals surface area contributed by atoms with E-state index in [-0.39, 0.29) is 5.91 Å². The van der Waals surface area contributed by atoms with Crippen LogP contribution in [-0.4, -0.2) is 33.7 Å². The van der Waals surface area contributed by atoms with Crippen molar-refractivity contribution in [3.63, 3.8) is 0 Å². The zero-order valence-corrected chi connectivity index (χ0v) is 12.1. The maximum Gasteiger partial charge on any atom is 0.274 e. The molecule has 0 saturated carbocycles. The number of piperidine rings is 1. The first-order chi connectivity index (χ1) is 9.00. The molecule has 0 bridgehead atoms. The molecular formula is C14H24N4O. The molecule has 2 N–H and O–H groups in total. The van der Waals surface area contributed by atoms with Gasteiger partial charge in [0.25, 0.3) is 5.91 Å². The molecule has 1 aliphatic rings. The molecule has 0 radical (unpaired) electrons. The van der Waals surface area contributed by atoms with Crippen LogP contribution >= 0.6 is 0 Å². The fourth-order valence-corrected chi connectivity index (χ4v) is 2.63. The summed E-state index contributed by atoms with van der Waals surface area (Å²) in [6.45, 7) is 8.79. The number of nitrogens with two attached hydrogens (primary N) is 1. The predicted octanol–water partition coefficient (Wildman–Crippen LogP) is 2.14. The van der Waals surface area contributed by atoms with Crippen LogP contribution in [0, 0.1) is 5.41 Å². The van der Waals surface area contributed by atoms with E-state index in [0.29, 0.717) is 23.3 Å². The number of aryl methyl sites for hydroxylation is 1. The molecule has 1 amide bonds. The van der Waals surface area contributed by atoms with E-state index in [2.05, 4.69) is 18.9 Å². The van der Waals surface area contributed by atoms with Crippen molar-refractivity contribution in [2.75, 3.05) is 18.8 Å². The standard InChI is InChI=1S/C14H24N4O/c1-4-14(3)6-8-17(9-7-14)13(19)12-11(15)10-16-18(12)5-2/h10H,4-9,15H2,1-3H3. The summed E-state index contributed by atoms with van der Waals surface area (Å²) in [4.78, 5) is 14.5. The summed E-state index contributed by atoms with van der Waals surface area (Å²) >= 11 is 0. The van der Waals surface area contributed by atoms with E-state index in [4.69, 9.17) is 5.73 Å². The summed E-state index contributed by atoms with van der Waals surface area (Å²) in [5, 5.41) is 4.14. The van der Waals surface area contributed by atoms with E-state index in [0.717, 1.165) is 25.9 Å². The Hall–Kier alpha value is -1.52. The first-order valence-electron chi connectivity index (χ1n) is 7.11. The van der Waals surface area contributed by atoms with Gasteiger partial charge in [0.05, 0.1) is 11.9 Å². The minimum atomic E-state index is 0.0232. The van der Waals surface area contributed by atoms with Crippen LogP contribution < -0.4 is 5.73 Å². The van der Waals surface area contributed by atoms with Crippen LogP contribution in [0.2, 0.25) is 0 Å². The van der Waals surface area contributed by atoms with Gasteiger partial charge in [-0.15, -0.1) is 0 Å². The number of carbonyl (C=O) groups excluding carboxylic acids is 1. The van der Waals surface area contributed by atoms with Crippen LogP contribution in [0.1, 0.15) is 50.5 Å². The lowest BCUT2D eigenvalue weighted by Crippen LogP contribution is -2.42. The van der Waals surface area contributed by atoms with Gasteiger partial charge in [0.1, 0.15) is 5.69 Å². The molecule has 2 heterocycles. The molecule has 1 saturated heterocycles. The first-order valence-corrected chi connectivity index (χ1v) is 7.11. The van der Waals surface area contributed by atoms with Crippen LogP contribution in [0.5, 0.6) is 0 Å². The molecule has 19 heavy (non-hydrogen) atoms. The molecule has 1 aromatic rings. The van der Waals surface area contributed by atoms with Gasteiger partial charge in [0, 0.05) is 19.6 Å². The Bertz CT molecular complexity index is 458. The zero-order chi connectivity index (χ0) is 14.0. The van der Waals surface area contributed by atoms with Crippen molar-refractivity contribution in [3.8, 4) is 0 Å². The number of hydrogen-bond acceptors (Lipinski definition) is 3.